The second-order valence-corrected chi connectivity index (χ2v) is 6.68. The summed E-state index contributed by atoms with van der Waals surface area (Å²) in [5, 5.41) is 7.56. The molecule has 0 saturated heterocycles. The molecule has 0 spiro atoms. The molecule has 0 aromatic carbocycles. The third-order valence-corrected chi connectivity index (χ3v) is 4.16. The van der Waals surface area contributed by atoms with Gasteiger partial charge in [0, 0.05) is 33.3 Å². The number of hydrogen-bond acceptors (Lipinski definition) is 4. The number of amides is 1. The van der Waals surface area contributed by atoms with Crippen LogP contribution in [0.4, 0.5) is 0 Å². The molecule has 0 radical (unpaired) electrons. The van der Waals surface area contributed by atoms with E-state index in [-0.39, 0.29) is 12.0 Å². The third-order valence-electron chi connectivity index (χ3n) is 4.16. The number of aromatic nitrogens is 2. The molecule has 0 saturated carbocycles. The number of fused-ring (bicyclic) bond motifs is 1. The fourth-order valence-corrected chi connectivity index (χ4v) is 3.10. The molecule has 1 N–H and O–H groups in total. The predicted molar refractivity (Wildman–Crippen MR) is 89.9 cm³/mol. The molecule has 1 aliphatic heterocycles. The van der Waals surface area contributed by atoms with E-state index in [1.54, 1.807) is 7.11 Å². The summed E-state index contributed by atoms with van der Waals surface area (Å²) in [4.78, 5) is 14.5. The molecule has 1 aromatic rings. The zero-order valence-corrected chi connectivity index (χ0v) is 14.8. The summed E-state index contributed by atoms with van der Waals surface area (Å²) in [6.45, 7) is 11.0. The van der Waals surface area contributed by atoms with Gasteiger partial charge >= 0.3 is 0 Å². The molecule has 1 aliphatic rings. The van der Waals surface area contributed by atoms with Gasteiger partial charge in [-0.15, -0.1) is 0 Å². The number of rotatable bonds is 7. The van der Waals surface area contributed by atoms with Gasteiger partial charge in [-0.3, -0.25) is 14.4 Å². The lowest BCUT2D eigenvalue weighted by Crippen LogP contribution is -2.35. The van der Waals surface area contributed by atoms with Crippen LogP contribution in [0, 0.1) is 5.92 Å². The minimum absolute atomic E-state index is 0.0698. The minimum atomic E-state index is -0.378. The van der Waals surface area contributed by atoms with Gasteiger partial charge in [0.05, 0.1) is 17.9 Å². The summed E-state index contributed by atoms with van der Waals surface area (Å²) >= 11 is 0. The number of nitrogens with zero attached hydrogens (tertiary/aromatic N) is 3. The summed E-state index contributed by atoms with van der Waals surface area (Å²) in [5.41, 5.74) is 2.16. The number of ether oxygens (including phenoxy) is 1. The van der Waals surface area contributed by atoms with E-state index >= 15 is 0 Å². The van der Waals surface area contributed by atoms with Crippen molar-refractivity contribution in [3.05, 3.63) is 17.5 Å². The van der Waals surface area contributed by atoms with Gasteiger partial charge in [0.2, 0.25) is 5.91 Å². The Bertz CT molecular complexity index is 509. The van der Waals surface area contributed by atoms with E-state index in [9.17, 15) is 4.79 Å². The Morgan fingerprint density at radius 3 is 2.87 bits per heavy atom. The molecule has 2 rings (SSSR count). The van der Waals surface area contributed by atoms with Crippen LogP contribution in [0.2, 0.25) is 0 Å². The topological polar surface area (TPSA) is 59.4 Å². The minimum Gasteiger partial charge on any atom is -0.372 e. The standard InChI is InChI=1S/C17H30N4O2/c1-5-16(23-4)17(22)18-10-14-9-15-12-20(11-13(2)3)7-6-8-21(15)19-14/h9,13,16H,5-8,10-12H2,1-4H3,(H,18,22)/t16-/m1/s1. The van der Waals surface area contributed by atoms with Gasteiger partial charge in [0.25, 0.3) is 0 Å². The van der Waals surface area contributed by atoms with E-state index in [1.165, 1.54) is 5.69 Å². The SMILES string of the molecule is CC[C@@H](OC)C(=O)NCc1cc2n(n1)CCCN(CC(C)C)C2. The Hall–Kier alpha value is -1.40. The number of carbonyl (C=O) groups is 1. The molecule has 0 aliphatic carbocycles. The van der Waals surface area contributed by atoms with Crippen LogP contribution in [0.25, 0.3) is 0 Å². The van der Waals surface area contributed by atoms with Crippen molar-refractivity contribution in [1.29, 1.82) is 0 Å². The zero-order valence-electron chi connectivity index (χ0n) is 14.8. The van der Waals surface area contributed by atoms with Crippen LogP contribution in [0.1, 0.15) is 45.0 Å². The lowest BCUT2D eigenvalue weighted by molar-refractivity contribution is -0.131. The maximum atomic E-state index is 12.0. The van der Waals surface area contributed by atoms with Crippen molar-refractivity contribution in [3.63, 3.8) is 0 Å². The Labute approximate surface area is 139 Å². The molecular formula is C17H30N4O2. The van der Waals surface area contributed by atoms with Gasteiger partial charge in [0.1, 0.15) is 6.10 Å². The van der Waals surface area contributed by atoms with Crippen LogP contribution < -0.4 is 5.32 Å². The maximum absolute atomic E-state index is 12.0. The fraction of sp³-hybridized carbons (Fsp3) is 0.765. The highest BCUT2D eigenvalue weighted by molar-refractivity contribution is 5.80. The van der Waals surface area contributed by atoms with Crippen LogP contribution in [0.15, 0.2) is 6.07 Å². The largest absolute Gasteiger partial charge is 0.372 e. The molecule has 2 heterocycles. The van der Waals surface area contributed by atoms with Crippen LogP contribution in [0.5, 0.6) is 0 Å². The first-order chi connectivity index (χ1) is 11.0. The first-order valence-electron chi connectivity index (χ1n) is 8.62. The van der Waals surface area contributed by atoms with Gasteiger partial charge in [-0.05, 0) is 24.8 Å². The Morgan fingerprint density at radius 1 is 1.43 bits per heavy atom. The Kier molecular flexibility index (Phi) is 6.59. The highest BCUT2D eigenvalue weighted by Gasteiger charge is 2.19. The van der Waals surface area contributed by atoms with Gasteiger partial charge < -0.3 is 10.1 Å². The van der Waals surface area contributed by atoms with Crippen LogP contribution in [0.3, 0.4) is 0 Å². The average molecular weight is 322 g/mol. The number of carbonyl (C=O) groups excluding carboxylic acids is 1. The molecular weight excluding hydrogens is 292 g/mol. The first-order valence-corrected chi connectivity index (χ1v) is 8.62. The molecule has 130 valence electrons. The smallest absolute Gasteiger partial charge is 0.249 e. The van der Waals surface area contributed by atoms with Crippen molar-refractivity contribution in [2.45, 2.75) is 59.4 Å². The average Bonchev–Trinajstić information content (AvgIpc) is 2.78. The molecule has 1 amide bonds. The van der Waals surface area contributed by atoms with Gasteiger partial charge in [0.15, 0.2) is 0 Å². The van der Waals surface area contributed by atoms with E-state index < -0.39 is 0 Å². The van der Waals surface area contributed by atoms with Gasteiger partial charge in [-0.1, -0.05) is 20.8 Å². The summed E-state index contributed by atoms with van der Waals surface area (Å²) < 4.78 is 7.25. The first kappa shape index (κ1) is 17.9. The van der Waals surface area contributed by atoms with Crippen molar-refractivity contribution in [3.8, 4) is 0 Å². The van der Waals surface area contributed by atoms with Crippen LogP contribution in [-0.4, -0.2) is 46.9 Å². The molecule has 6 heteroatoms. The van der Waals surface area contributed by atoms with E-state index in [2.05, 4.69) is 39.9 Å². The van der Waals surface area contributed by atoms with E-state index in [0.717, 1.165) is 38.3 Å². The highest BCUT2D eigenvalue weighted by Crippen LogP contribution is 2.15. The molecule has 1 aromatic heterocycles. The second-order valence-electron chi connectivity index (χ2n) is 6.68. The molecule has 1 atom stereocenters. The number of hydrogen-bond donors (Lipinski definition) is 1. The summed E-state index contributed by atoms with van der Waals surface area (Å²) in [5.74, 6) is 0.600. The summed E-state index contributed by atoms with van der Waals surface area (Å²) in [7, 11) is 1.57. The fourth-order valence-electron chi connectivity index (χ4n) is 3.10. The van der Waals surface area contributed by atoms with E-state index in [0.29, 0.717) is 18.9 Å². The monoisotopic (exact) mass is 322 g/mol. The second kappa shape index (κ2) is 8.45. The molecule has 6 nitrogen and oxygen atoms in total. The Balaban J connectivity index is 1.95. The van der Waals surface area contributed by atoms with Crippen LogP contribution in [-0.2, 0) is 29.2 Å². The van der Waals surface area contributed by atoms with Crippen molar-refractivity contribution in [2.24, 2.45) is 5.92 Å². The van der Waals surface area contributed by atoms with Crippen molar-refractivity contribution >= 4 is 5.91 Å². The zero-order chi connectivity index (χ0) is 16.8. The van der Waals surface area contributed by atoms with Gasteiger partial charge in [-0.2, -0.15) is 5.10 Å². The number of aryl methyl sites for hydroxylation is 1. The summed E-state index contributed by atoms with van der Waals surface area (Å²) in [6, 6.07) is 2.12. The quantitative estimate of drug-likeness (QED) is 0.831. The molecule has 0 unspecified atom stereocenters. The maximum Gasteiger partial charge on any atom is 0.249 e. The molecule has 0 bridgehead atoms. The Morgan fingerprint density at radius 2 is 2.22 bits per heavy atom. The lowest BCUT2D eigenvalue weighted by atomic mass is 10.2. The van der Waals surface area contributed by atoms with E-state index in [1.807, 2.05) is 6.92 Å². The number of nitrogens with one attached hydrogen (secondary N) is 1. The normalized spacial score (nSPS) is 16.9. The van der Waals surface area contributed by atoms with Crippen molar-refractivity contribution < 1.29 is 9.53 Å². The van der Waals surface area contributed by atoms with Crippen molar-refractivity contribution in [2.75, 3.05) is 20.2 Å². The van der Waals surface area contributed by atoms with Crippen molar-refractivity contribution in [1.82, 2.24) is 20.0 Å². The van der Waals surface area contributed by atoms with Gasteiger partial charge in [-0.25, -0.2) is 0 Å². The third kappa shape index (κ3) is 5.04. The predicted octanol–water partition coefficient (Wildman–Crippen LogP) is 1.79. The molecule has 23 heavy (non-hydrogen) atoms. The van der Waals surface area contributed by atoms with E-state index in [4.69, 9.17) is 4.74 Å². The highest BCUT2D eigenvalue weighted by atomic mass is 16.5. The number of methoxy groups -OCH3 is 1. The molecule has 0 fully saturated rings. The summed E-state index contributed by atoms with van der Waals surface area (Å²) in [6.07, 6.45) is 1.41. The lowest BCUT2D eigenvalue weighted by Gasteiger charge is -2.21. The van der Waals surface area contributed by atoms with Crippen LogP contribution >= 0.6 is 0 Å².